The Morgan fingerprint density at radius 2 is 1.60 bits per heavy atom. The fraction of sp³-hybridized carbons (Fsp3) is 0.0667. The van der Waals surface area contributed by atoms with Crippen LogP contribution in [-0.2, 0) is 0 Å². The van der Waals surface area contributed by atoms with E-state index in [2.05, 4.69) is 10.6 Å². The predicted octanol–water partition coefficient (Wildman–Crippen LogP) is 3.34. The number of carbonyl (C=O) groups is 2. The average molecular weight is 270 g/mol. The lowest BCUT2D eigenvalue weighted by atomic mass is 10.2. The molecule has 0 aromatic heterocycles. The lowest BCUT2D eigenvalue weighted by molar-refractivity contribution is 0.0697. The van der Waals surface area contributed by atoms with E-state index in [4.69, 9.17) is 5.11 Å². The highest BCUT2D eigenvalue weighted by Gasteiger charge is 2.05. The van der Waals surface area contributed by atoms with E-state index in [1.165, 1.54) is 12.1 Å². The van der Waals surface area contributed by atoms with E-state index in [-0.39, 0.29) is 11.6 Å². The number of aryl methyl sites for hydroxylation is 1. The van der Waals surface area contributed by atoms with Crippen molar-refractivity contribution in [3.05, 3.63) is 59.7 Å². The minimum Gasteiger partial charge on any atom is -0.478 e. The van der Waals surface area contributed by atoms with Crippen molar-refractivity contribution in [1.82, 2.24) is 0 Å². The first-order valence-corrected chi connectivity index (χ1v) is 6.02. The Morgan fingerprint density at radius 3 is 2.20 bits per heavy atom. The van der Waals surface area contributed by atoms with Crippen LogP contribution in [0.1, 0.15) is 15.9 Å². The number of carboxylic acids is 1. The maximum atomic E-state index is 11.8. The summed E-state index contributed by atoms with van der Waals surface area (Å²) in [7, 11) is 0. The van der Waals surface area contributed by atoms with Gasteiger partial charge < -0.3 is 15.7 Å². The Kier molecular flexibility index (Phi) is 4.00. The van der Waals surface area contributed by atoms with Crippen LogP contribution in [0, 0.1) is 6.92 Å². The summed E-state index contributed by atoms with van der Waals surface area (Å²) >= 11 is 0. The van der Waals surface area contributed by atoms with Crippen LogP contribution in [0.3, 0.4) is 0 Å². The van der Waals surface area contributed by atoms with Gasteiger partial charge in [0.1, 0.15) is 0 Å². The molecule has 2 aromatic carbocycles. The number of urea groups is 1. The summed E-state index contributed by atoms with van der Waals surface area (Å²) in [4.78, 5) is 22.5. The molecule has 20 heavy (non-hydrogen) atoms. The molecule has 0 fully saturated rings. The fourth-order valence-corrected chi connectivity index (χ4v) is 1.71. The van der Waals surface area contributed by atoms with Crippen molar-refractivity contribution in [3.8, 4) is 0 Å². The SMILES string of the molecule is Cc1cccc(NC(=O)Nc2ccc(C(=O)O)cc2)c1. The third-order valence-electron chi connectivity index (χ3n) is 2.67. The van der Waals surface area contributed by atoms with Crippen molar-refractivity contribution in [1.29, 1.82) is 0 Å². The lowest BCUT2D eigenvalue weighted by Crippen LogP contribution is -2.19. The highest BCUT2D eigenvalue weighted by molar-refractivity contribution is 6.00. The summed E-state index contributed by atoms with van der Waals surface area (Å²) in [5.74, 6) is -0.999. The number of carboxylic acid groups (broad SMARTS) is 1. The third kappa shape index (κ3) is 3.58. The van der Waals surface area contributed by atoms with E-state index in [0.29, 0.717) is 11.4 Å². The van der Waals surface area contributed by atoms with Crippen molar-refractivity contribution in [2.24, 2.45) is 0 Å². The summed E-state index contributed by atoms with van der Waals surface area (Å²) in [5, 5.41) is 14.1. The Balaban J connectivity index is 1.99. The fourth-order valence-electron chi connectivity index (χ4n) is 1.71. The Labute approximate surface area is 116 Å². The molecule has 102 valence electrons. The van der Waals surface area contributed by atoms with Gasteiger partial charge in [0.15, 0.2) is 0 Å². The number of amides is 2. The molecule has 0 spiro atoms. The Hall–Kier alpha value is -2.82. The molecule has 0 atom stereocenters. The van der Waals surface area contributed by atoms with Crippen LogP contribution in [0.15, 0.2) is 48.5 Å². The van der Waals surface area contributed by atoms with Gasteiger partial charge in [0, 0.05) is 11.4 Å². The first-order chi connectivity index (χ1) is 9.54. The van der Waals surface area contributed by atoms with Crippen molar-refractivity contribution in [2.75, 3.05) is 10.6 Å². The number of aromatic carboxylic acids is 1. The molecule has 2 aromatic rings. The molecule has 0 bridgehead atoms. The number of nitrogens with one attached hydrogen (secondary N) is 2. The first-order valence-electron chi connectivity index (χ1n) is 6.02. The van der Waals surface area contributed by atoms with Crippen molar-refractivity contribution >= 4 is 23.4 Å². The van der Waals surface area contributed by atoms with Gasteiger partial charge in [-0.1, -0.05) is 12.1 Å². The molecular formula is C15H14N2O3. The van der Waals surface area contributed by atoms with Crippen molar-refractivity contribution in [3.63, 3.8) is 0 Å². The smallest absolute Gasteiger partial charge is 0.335 e. The van der Waals surface area contributed by atoms with Gasteiger partial charge in [-0.15, -0.1) is 0 Å². The summed E-state index contributed by atoms with van der Waals surface area (Å²) in [6.07, 6.45) is 0. The summed E-state index contributed by atoms with van der Waals surface area (Å²) in [6, 6.07) is 13.0. The normalized spacial score (nSPS) is 9.85. The van der Waals surface area contributed by atoms with Crippen LogP contribution in [0.2, 0.25) is 0 Å². The molecule has 2 rings (SSSR count). The number of rotatable bonds is 3. The van der Waals surface area contributed by atoms with Crippen molar-refractivity contribution in [2.45, 2.75) is 6.92 Å². The van der Waals surface area contributed by atoms with E-state index >= 15 is 0 Å². The molecule has 0 aliphatic rings. The minimum absolute atomic E-state index is 0.176. The van der Waals surface area contributed by atoms with Gasteiger partial charge in [0.25, 0.3) is 0 Å². The zero-order chi connectivity index (χ0) is 14.5. The van der Waals surface area contributed by atoms with Crippen LogP contribution >= 0.6 is 0 Å². The van der Waals surface area contributed by atoms with Gasteiger partial charge in [0.05, 0.1) is 5.56 Å². The molecule has 0 unspecified atom stereocenters. The number of hydrogen-bond donors (Lipinski definition) is 3. The standard InChI is InChI=1S/C15H14N2O3/c1-10-3-2-4-13(9-10)17-15(20)16-12-7-5-11(6-8-12)14(18)19/h2-9H,1H3,(H,18,19)(H2,16,17,20). The van der Waals surface area contributed by atoms with Crippen LogP contribution in [0.4, 0.5) is 16.2 Å². The highest BCUT2D eigenvalue weighted by Crippen LogP contribution is 2.12. The van der Waals surface area contributed by atoms with Crippen molar-refractivity contribution < 1.29 is 14.7 Å². The predicted molar refractivity (Wildman–Crippen MR) is 77.2 cm³/mol. The third-order valence-corrected chi connectivity index (χ3v) is 2.67. The second-order valence-corrected chi connectivity index (χ2v) is 4.33. The zero-order valence-electron chi connectivity index (χ0n) is 10.9. The molecule has 0 radical (unpaired) electrons. The van der Waals surface area contributed by atoms with E-state index in [9.17, 15) is 9.59 Å². The van der Waals surface area contributed by atoms with Crippen LogP contribution in [0.5, 0.6) is 0 Å². The molecule has 5 heteroatoms. The van der Waals surface area contributed by atoms with Crippen LogP contribution in [0.25, 0.3) is 0 Å². The van der Waals surface area contributed by atoms with E-state index in [1.807, 2.05) is 25.1 Å². The number of benzene rings is 2. The van der Waals surface area contributed by atoms with Gasteiger partial charge in [-0.25, -0.2) is 9.59 Å². The summed E-state index contributed by atoms with van der Waals surface area (Å²) < 4.78 is 0. The molecule has 3 N–H and O–H groups in total. The molecule has 0 heterocycles. The largest absolute Gasteiger partial charge is 0.478 e. The molecule has 5 nitrogen and oxygen atoms in total. The summed E-state index contributed by atoms with van der Waals surface area (Å²) in [6.45, 7) is 1.94. The monoisotopic (exact) mass is 270 g/mol. The van der Waals surface area contributed by atoms with Crippen LogP contribution in [-0.4, -0.2) is 17.1 Å². The number of anilines is 2. The maximum absolute atomic E-state index is 11.8. The van der Waals surface area contributed by atoms with Gasteiger partial charge in [-0.3, -0.25) is 0 Å². The first kappa shape index (κ1) is 13.6. The average Bonchev–Trinajstić information content (AvgIpc) is 2.39. The van der Waals surface area contributed by atoms with Gasteiger partial charge in [-0.2, -0.15) is 0 Å². The second kappa shape index (κ2) is 5.88. The van der Waals surface area contributed by atoms with Crippen LogP contribution < -0.4 is 10.6 Å². The molecule has 0 aliphatic heterocycles. The molecule has 2 amide bonds. The molecule has 0 saturated carbocycles. The van der Waals surface area contributed by atoms with E-state index < -0.39 is 5.97 Å². The topological polar surface area (TPSA) is 78.4 Å². The zero-order valence-corrected chi connectivity index (χ0v) is 10.9. The molecule has 0 aliphatic carbocycles. The Morgan fingerprint density at radius 1 is 0.950 bits per heavy atom. The molecule has 0 saturated heterocycles. The quantitative estimate of drug-likeness (QED) is 0.800. The molecular weight excluding hydrogens is 256 g/mol. The Bertz CT molecular complexity index is 636. The van der Waals surface area contributed by atoms with Gasteiger partial charge in [0.2, 0.25) is 0 Å². The maximum Gasteiger partial charge on any atom is 0.335 e. The highest BCUT2D eigenvalue weighted by atomic mass is 16.4. The van der Waals surface area contributed by atoms with Gasteiger partial charge >= 0.3 is 12.0 Å². The van der Waals surface area contributed by atoms with Gasteiger partial charge in [-0.05, 0) is 48.9 Å². The minimum atomic E-state index is -0.999. The number of carbonyl (C=O) groups excluding carboxylic acids is 1. The second-order valence-electron chi connectivity index (χ2n) is 4.33. The lowest BCUT2D eigenvalue weighted by Gasteiger charge is -2.08. The van der Waals surface area contributed by atoms with E-state index in [0.717, 1.165) is 5.56 Å². The summed E-state index contributed by atoms with van der Waals surface area (Å²) in [5.41, 5.74) is 2.45. The van der Waals surface area contributed by atoms with E-state index in [1.54, 1.807) is 18.2 Å². The number of hydrogen-bond acceptors (Lipinski definition) is 2.